The third-order valence-corrected chi connectivity index (χ3v) is 5.16. The van der Waals surface area contributed by atoms with Crippen molar-refractivity contribution in [3.8, 4) is 0 Å². The number of hydrogen-bond donors (Lipinski definition) is 1. The molecule has 0 fully saturated rings. The average molecular weight is 360 g/mol. The van der Waals surface area contributed by atoms with Crippen molar-refractivity contribution in [2.24, 2.45) is 0 Å². The second-order valence-corrected chi connectivity index (χ2v) is 8.05. The quantitative estimate of drug-likeness (QED) is 0.787. The molecule has 0 bridgehead atoms. The van der Waals surface area contributed by atoms with Gasteiger partial charge in [-0.3, -0.25) is 4.79 Å². The summed E-state index contributed by atoms with van der Waals surface area (Å²) in [4.78, 5) is 12.1. The Labute approximate surface area is 149 Å². The highest BCUT2D eigenvalue weighted by Gasteiger charge is 2.17. The van der Waals surface area contributed by atoms with E-state index in [1.54, 1.807) is 0 Å². The minimum absolute atomic E-state index is 0.121. The zero-order valence-electron chi connectivity index (χ0n) is 14.6. The first-order valence-electron chi connectivity index (χ1n) is 8.20. The molecular formula is C19H24N2O3S. The van der Waals surface area contributed by atoms with Crippen molar-refractivity contribution < 1.29 is 13.2 Å². The number of rotatable bonds is 8. The standard InChI is InChI=1S/C19H24N2O3S/c1-16-7-6-10-18(15-16)20-19(22)12-14-21(25(2,23)24)13-11-17-8-4-3-5-9-17/h3-10,15H,11-14H2,1-2H3,(H,20,22). The molecule has 0 saturated heterocycles. The Balaban J connectivity index is 1.90. The van der Waals surface area contributed by atoms with Crippen LogP contribution in [0.3, 0.4) is 0 Å². The van der Waals surface area contributed by atoms with Crippen LogP contribution < -0.4 is 5.32 Å². The number of hydrogen-bond acceptors (Lipinski definition) is 3. The SMILES string of the molecule is Cc1cccc(NC(=O)CCN(CCc2ccccc2)S(C)(=O)=O)c1. The number of carbonyl (C=O) groups excluding carboxylic acids is 1. The molecule has 0 saturated carbocycles. The van der Waals surface area contributed by atoms with Gasteiger partial charge in [0.15, 0.2) is 0 Å². The van der Waals surface area contributed by atoms with E-state index in [4.69, 9.17) is 0 Å². The van der Waals surface area contributed by atoms with E-state index in [0.717, 1.165) is 16.8 Å². The molecule has 1 N–H and O–H groups in total. The highest BCUT2D eigenvalue weighted by molar-refractivity contribution is 7.88. The molecule has 0 spiro atoms. The molecule has 25 heavy (non-hydrogen) atoms. The first-order valence-corrected chi connectivity index (χ1v) is 10.0. The van der Waals surface area contributed by atoms with Crippen LogP contribution in [0.5, 0.6) is 0 Å². The fourth-order valence-electron chi connectivity index (χ4n) is 2.51. The molecule has 0 radical (unpaired) electrons. The van der Waals surface area contributed by atoms with Gasteiger partial charge in [0.25, 0.3) is 0 Å². The normalized spacial score (nSPS) is 11.5. The molecule has 5 nitrogen and oxygen atoms in total. The first-order chi connectivity index (χ1) is 11.8. The van der Waals surface area contributed by atoms with Crippen molar-refractivity contribution in [1.82, 2.24) is 4.31 Å². The number of carbonyl (C=O) groups is 1. The molecule has 0 heterocycles. The third-order valence-electron chi connectivity index (χ3n) is 3.85. The van der Waals surface area contributed by atoms with E-state index in [9.17, 15) is 13.2 Å². The third kappa shape index (κ3) is 6.68. The second kappa shape index (κ2) is 8.78. The van der Waals surface area contributed by atoms with Gasteiger partial charge in [-0.2, -0.15) is 0 Å². The van der Waals surface area contributed by atoms with Crippen LogP contribution in [0.2, 0.25) is 0 Å². The number of anilines is 1. The average Bonchev–Trinajstić information content (AvgIpc) is 2.54. The van der Waals surface area contributed by atoms with Crippen LogP contribution in [0, 0.1) is 6.92 Å². The monoisotopic (exact) mass is 360 g/mol. The van der Waals surface area contributed by atoms with Crippen LogP contribution in [-0.2, 0) is 21.2 Å². The van der Waals surface area contributed by atoms with Gasteiger partial charge in [-0.15, -0.1) is 0 Å². The van der Waals surface area contributed by atoms with Gasteiger partial charge in [0.05, 0.1) is 6.26 Å². The molecule has 0 aliphatic heterocycles. The maximum Gasteiger partial charge on any atom is 0.225 e. The van der Waals surface area contributed by atoms with Gasteiger partial charge < -0.3 is 5.32 Å². The topological polar surface area (TPSA) is 66.5 Å². The largest absolute Gasteiger partial charge is 0.326 e. The summed E-state index contributed by atoms with van der Waals surface area (Å²) in [6.07, 6.45) is 1.92. The molecule has 2 aromatic rings. The maximum atomic E-state index is 12.1. The molecule has 0 aromatic heterocycles. The van der Waals surface area contributed by atoms with Gasteiger partial charge in [-0.25, -0.2) is 12.7 Å². The van der Waals surface area contributed by atoms with E-state index >= 15 is 0 Å². The smallest absolute Gasteiger partial charge is 0.225 e. The van der Waals surface area contributed by atoms with Crippen LogP contribution in [0.1, 0.15) is 17.5 Å². The summed E-state index contributed by atoms with van der Waals surface area (Å²) in [6.45, 7) is 2.48. The van der Waals surface area contributed by atoms with Gasteiger partial charge >= 0.3 is 0 Å². The summed E-state index contributed by atoms with van der Waals surface area (Å²) in [5.41, 5.74) is 2.85. The van der Waals surface area contributed by atoms with Crippen molar-refractivity contribution in [1.29, 1.82) is 0 Å². The minimum Gasteiger partial charge on any atom is -0.326 e. The van der Waals surface area contributed by atoms with Crippen LogP contribution in [0.15, 0.2) is 54.6 Å². The Kier molecular flexibility index (Phi) is 6.73. The van der Waals surface area contributed by atoms with Crippen molar-refractivity contribution in [2.75, 3.05) is 24.7 Å². The summed E-state index contributed by atoms with van der Waals surface area (Å²) < 4.78 is 25.3. The van der Waals surface area contributed by atoms with Crippen LogP contribution in [0.25, 0.3) is 0 Å². The molecule has 1 amide bonds. The van der Waals surface area contributed by atoms with Gasteiger partial charge in [0, 0.05) is 25.2 Å². The lowest BCUT2D eigenvalue weighted by Gasteiger charge is -2.19. The molecule has 0 atom stereocenters. The summed E-state index contributed by atoms with van der Waals surface area (Å²) >= 11 is 0. The van der Waals surface area contributed by atoms with Crippen molar-refractivity contribution >= 4 is 21.6 Å². The van der Waals surface area contributed by atoms with Crippen LogP contribution in [0.4, 0.5) is 5.69 Å². The fraction of sp³-hybridized carbons (Fsp3) is 0.316. The van der Waals surface area contributed by atoms with E-state index < -0.39 is 10.0 Å². The van der Waals surface area contributed by atoms with Crippen LogP contribution in [-0.4, -0.2) is 38.0 Å². The Bertz CT molecular complexity index is 804. The van der Waals surface area contributed by atoms with E-state index in [-0.39, 0.29) is 18.9 Å². The zero-order chi connectivity index (χ0) is 18.3. The second-order valence-electron chi connectivity index (χ2n) is 6.07. The van der Waals surface area contributed by atoms with E-state index in [0.29, 0.717) is 13.0 Å². The molecule has 134 valence electrons. The predicted octanol–water partition coefficient (Wildman–Crippen LogP) is 2.83. The van der Waals surface area contributed by atoms with Gasteiger partial charge in [-0.1, -0.05) is 42.5 Å². The van der Waals surface area contributed by atoms with E-state index in [1.807, 2.05) is 61.5 Å². The highest BCUT2D eigenvalue weighted by atomic mass is 32.2. The molecule has 6 heteroatoms. The Morgan fingerprint density at radius 2 is 1.76 bits per heavy atom. The Morgan fingerprint density at radius 1 is 1.04 bits per heavy atom. The van der Waals surface area contributed by atoms with Gasteiger partial charge in [0.1, 0.15) is 0 Å². The number of nitrogens with one attached hydrogen (secondary N) is 1. The van der Waals surface area contributed by atoms with Crippen molar-refractivity contribution in [3.63, 3.8) is 0 Å². The minimum atomic E-state index is -3.36. The summed E-state index contributed by atoms with van der Waals surface area (Å²) in [6, 6.07) is 17.2. The van der Waals surface area contributed by atoms with Gasteiger partial charge in [-0.05, 0) is 36.6 Å². The number of sulfonamides is 1. The molecule has 0 aliphatic rings. The lowest BCUT2D eigenvalue weighted by molar-refractivity contribution is -0.116. The molecular weight excluding hydrogens is 336 g/mol. The number of benzene rings is 2. The Hall–Kier alpha value is -2.18. The molecule has 0 aliphatic carbocycles. The maximum absolute atomic E-state index is 12.1. The predicted molar refractivity (Wildman–Crippen MR) is 101 cm³/mol. The lowest BCUT2D eigenvalue weighted by atomic mass is 10.1. The number of amides is 1. The van der Waals surface area contributed by atoms with Crippen LogP contribution >= 0.6 is 0 Å². The van der Waals surface area contributed by atoms with E-state index in [1.165, 1.54) is 10.6 Å². The molecule has 0 unspecified atom stereocenters. The van der Waals surface area contributed by atoms with E-state index in [2.05, 4.69) is 5.32 Å². The highest BCUT2D eigenvalue weighted by Crippen LogP contribution is 2.11. The molecule has 2 aromatic carbocycles. The van der Waals surface area contributed by atoms with Gasteiger partial charge in [0.2, 0.25) is 15.9 Å². The summed E-state index contributed by atoms with van der Waals surface area (Å²) in [7, 11) is -3.36. The van der Waals surface area contributed by atoms with Crippen molar-refractivity contribution in [3.05, 3.63) is 65.7 Å². The summed E-state index contributed by atoms with van der Waals surface area (Å²) in [5, 5.41) is 2.80. The lowest BCUT2D eigenvalue weighted by Crippen LogP contribution is -2.34. The molecule has 2 rings (SSSR count). The summed E-state index contributed by atoms with van der Waals surface area (Å²) in [5.74, 6) is -0.195. The number of aryl methyl sites for hydroxylation is 1. The fourth-order valence-corrected chi connectivity index (χ4v) is 3.36. The van der Waals surface area contributed by atoms with Crippen molar-refractivity contribution in [2.45, 2.75) is 19.8 Å². The first kappa shape index (κ1) is 19.1. The Morgan fingerprint density at radius 3 is 2.40 bits per heavy atom. The zero-order valence-corrected chi connectivity index (χ0v) is 15.4. The number of nitrogens with zero attached hydrogens (tertiary/aromatic N) is 1.